The Morgan fingerprint density at radius 3 is 2.47 bits per heavy atom. The van der Waals surface area contributed by atoms with Crippen LogP contribution in [0.1, 0.15) is 24.6 Å². The molecule has 98 valence electrons. The molecule has 0 amide bonds. The smallest absolute Gasteiger partial charge is 0.155 e. The molecule has 0 saturated heterocycles. The zero-order valence-electron chi connectivity index (χ0n) is 10.3. The fraction of sp³-hybridized carbons (Fsp3) is 0.636. The Morgan fingerprint density at radius 2 is 2.12 bits per heavy atom. The van der Waals surface area contributed by atoms with E-state index in [9.17, 15) is 13.5 Å². The zero-order chi connectivity index (χ0) is 13.3. The number of hydrogen-bond donors (Lipinski definition) is 2. The van der Waals surface area contributed by atoms with Gasteiger partial charge in [-0.15, -0.1) is 11.3 Å². The van der Waals surface area contributed by atoms with Crippen molar-refractivity contribution in [1.82, 2.24) is 0 Å². The summed E-state index contributed by atoms with van der Waals surface area (Å²) in [5, 5.41) is 12.2. The van der Waals surface area contributed by atoms with Gasteiger partial charge < -0.3 is 10.8 Å². The van der Waals surface area contributed by atoms with Gasteiger partial charge >= 0.3 is 0 Å². The molecule has 0 bridgehead atoms. The molecular weight excluding hydrogens is 258 g/mol. The molecule has 4 nitrogen and oxygen atoms in total. The number of aliphatic hydroxyl groups is 1. The lowest BCUT2D eigenvalue weighted by Gasteiger charge is -2.33. The SMILES string of the molecule is CC(C)(C(O)C(CN)c1cccs1)S(C)(=O)=O. The molecule has 1 aromatic heterocycles. The molecule has 0 radical (unpaired) electrons. The molecule has 1 aromatic rings. The van der Waals surface area contributed by atoms with Crippen molar-refractivity contribution in [2.75, 3.05) is 12.8 Å². The van der Waals surface area contributed by atoms with E-state index in [1.165, 1.54) is 25.2 Å². The fourth-order valence-corrected chi connectivity index (χ4v) is 3.08. The molecule has 1 rings (SSSR count). The zero-order valence-corrected chi connectivity index (χ0v) is 11.9. The van der Waals surface area contributed by atoms with E-state index in [0.717, 1.165) is 11.1 Å². The number of nitrogens with two attached hydrogens (primary N) is 1. The van der Waals surface area contributed by atoms with Crippen molar-refractivity contribution in [3.05, 3.63) is 22.4 Å². The predicted octanol–water partition coefficient (Wildman–Crippen LogP) is 0.975. The van der Waals surface area contributed by atoms with Gasteiger partial charge in [-0.1, -0.05) is 6.07 Å². The Morgan fingerprint density at radius 1 is 1.53 bits per heavy atom. The van der Waals surface area contributed by atoms with Crippen molar-refractivity contribution in [2.45, 2.75) is 30.6 Å². The largest absolute Gasteiger partial charge is 0.391 e. The minimum Gasteiger partial charge on any atom is -0.391 e. The minimum atomic E-state index is -3.35. The van der Waals surface area contributed by atoms with Gasteiger partial charge in [0.2, 0.25) is 0 Å². The van der Waals surface area contributed by atoms with Crippen LogP contribution in [0.4, 0.5) is 0 Å². The van der Waals surface area contributed by atoms with Crippen LogP contribution in [0.3, 0.4) is 0 Å². The minimum absolute atomic E-state index is 0.223. The van der Waals surface area contributed by atoms with Crippen molar-refractivity contribution in [3.63, 3.8) is 0 Å². The number of sulfone groups is 1. The van der Waals surface area contributed by atoms with Crippen LogP contribution in [0.25, 0.3) is 0 Å². The van der Waals surface area contributed by atoms with Crippen LogP contribution in [0.5, 0.6) is 0 Å². The van der Waals surface area contributed by atoms with E-state index in [4.69, 9.17) is 5.73 Å². The summed E-state index contributed by atoms with van der Waals surface area (Å²) in [6, 6.07) is 3.73. The molecule has 1 heterocycles. The Labute approximate surface area is 106 Å². The molecule has 0 aliphatic rings. The summed E-state index contributed by atoms with van der Waals surface area (Å²) in [7, 11) is -3.35. The molecule has 0 aromatic carbocycles. The van der Waals surface area contributed by atoms with E-state index in [1.54, 1.807) is 0 Å². The van der Waals surface area contributed by atoms with Crippen molar-refractivity contribution in [1.29, 1.82) is 0 Å². The van der Waals surface area contributed by atoms with Gasteiger partial charge in [0, 0.05) is 23.6 Å². The molecule has 2 atom stereocenters. The van der Waals surface area contributed by atoms with Gasteiger partial charge in [-0.25, -0.2) is 8.42 Å². The Balaban J connectivity index is 3.07. The monoisotopic (exact) mass is 277 g/mol. The maximum absolute atomic E-state index is 11.7. The third kappa shape index (κ3) is 2.88. The molecule has 17 heavy (non-hydrogen) atoms. The first-order valence-electron chi connectivity index (χ1n) is 5.33. The summed E-state index contributed by atoms with van der Waals surface area (Å²) in [4.78, 5) is 0.914. The van der Waals surface area contributed by atoms with E-state index in [0.29, 0.717) is 0 Å². The molecule has 0 fully saturated rings. The van der Waals surface area contributed by atoms with Gasteiger partial charge in [0.15, 0.2) is 9.84 Å². The van der Waals surface area contributed by atoms with Crippen LogP contribution in [0, 0.1) is 0 Å². The van der Waals surface area contributed by atoms with Crippen LogP contribution >= 0.6 is 11.3 Å². The fourth-order valence-electron chi connectivity index (χ4n) is 1.61. The van der Waals surface area contributed by atoms with Crippen LogP contribution < -0.4 is 5.73 Å². The summed E-state index contributed by atoms with van der Waals surface area (Å²) in [6.07, 6.45) is 0.124. The number of hydrogen-bond acceptors (Lipinski definition) is 5. The number of aliphatic hydroxyl groups excluding tert-OH is 1. The summed E-state index contributed by atoms with van der Waals surface area (Å²) in [5.74, 6) is -0.347. The lowest BCUT2D eigenvalue weighted by Crippen LogP contribution is -2.48. The van der Waals surface area contributed by atoms with Gasteiger partial charge in [-0.2, -0.15) is 0 Å². The Hall–Kier alpha value is -0.430. The molecule has 0 saturated carbocycles. The second kappa shape index (κ2) is 5.06. The van der Waals surface area contributed by atoms with E-state index in [2.05, 4.69) is 0 Å². The molecule has 2 unspecified atom stereocenters. The van der Waals surface area contributed by atoms with Crippen molar-refractivity contribution < 1.29 is 13.5 Å². The van der Waals surface area contributed by atoms with Gasteiger partial charge in [0.25, 0.3) is 0 Å². The van der Waals surface area contributed by atoms with E-state index < -0.39 is 20.7 Å². The average molecular weight is 277 g/mol. The van der Waals surface area contributed by atoms with Gasteiger partial charge in [0.1, 0.15) is 0 Å². The van der Waals surface area contributed by atoms with E-state index in [-0.39, 0.29) is 12.5 Å². The van der Waals surface area contributed by atoms with Gasteiger partial charge in [-0.05, 0) is 25.3 Å². The highest BCUT2D eigenvalue weighted by atomic mass is 32.2. The van der Waals surface area contributed by atoms with Crippen molar-refractivity contribution in [3.8, 4) is 0 Å². The van der Waals surface area contributed by atoms with Crippen LogP contribution in [0.2, 0.25) is 0 Å². The molecule has 0 spiro atoms. The first-order chi connectivity index (χ1) is 7.71. The highest BCUT2D eigenvalue weighted by Crippen LogP contribution is 2.32. The molecule has 0 aliphatic heterocycles. The number of rotatable bonds is 5. The summed E-state index contributed by atoms with van der Waals surface area (Å²) in [5.41, 5.74) is 5.66. The van der Waals surface area contributed by atoms with Crippen LogP contribution in [-0.4, -0.2) is 37.2 Å². The summed E-state index contributed by atoms with van der Waals surface area (Å²) in [6.45, 7) is 3.28. The summed E-state index contributed by atoms with van der Waals surface area (Å²) >= 11 is 1.48. The second-order valence-corrected chi connectivity index (χ2v) is 8.25. The maximum atomic E-state index is 11.7. The molecular formula is C11H19NO3S2. The lowest BCUT2D eigenvalue weighted by atomic mass is 9.91. The highest BCUT2D eigenvalue weighted by molar-refractivity contribution is 7.92. The van der Waals surface area contributed by atoms with Crippen LogP contribution in [0.15, 0.2) is 17.5 Å². The maximum Gasteiger partial charge on any atom is 0.155 e. The van der Waals surface area contributed by atoms with Crippen molar-refractivity contribution >= 4 is 21.2 Å². The highest BCUT2D eigenvalue weighted by Gasteiger charge is 2.42. The van der Waals surface area contributed by atoms with Crippen molar-refractivity contribution in [2.24, 2.45) is 5.73 Å². The van der Waals surface area contributed by atoms with Gasteiger partial charge in [0.05, 0.1) is 10.9 Å². The third-order valence-corrected chi connectivity index (χ3v) is 6.37. The Bertz CT molecular complexity index is 451. The number of thiophene rings is 1. The lowest BCUT2D eigenvalue weighted by molar-refractivity contribution is 0.112. The van der Waals surface area contributed by atoms with Crippen LogP contribution in [-0.2, 0) is 9.84 Å². The first kappa shape index (κ1) is 14.6. The normalized spacial score (nSPS) is 16.8. The molecule has 0 aliphatic carbocycles. The summed E-state index contributed by atoms with van der Waals surface area (Å²) < 4.78 is 22.2. The molecule has 6 heteroatoms. The van der Waals surface area contributed by atoms with Gasteiger partial charge in [-0.3, -0.25) is 0 Å². The Kier molecular flexibility index (Phi) is 4.35. The predicted molar refractivity (Wildman–Crippen MR) is 71.0 cm³/mol. The van der Waals surface area contributed by atoms with E-state index in [1.807, 2.05) is 17.5 Å². The standard InChI is InChI=1S/C11H19NO3S2/c1-11(2,17(3,14)15)10(13)8(7-12)9-5-4-6-16-9/h4-6,8,10,13H,7,12H2,1-3H3. The topological polar surface area (TPSA) is 80.4 Å². The van der Waals surface area contributed by atoms with E-state index >= 15 is 0 Å². The first-order valence-corrected chi connectivity index (χ1v) is 8.10. The quantitative estimate of drug-likeness (QED) is 0.840. The second-order valence-electron chi connectivity index (χ2n) is 4.68. The average Bonchev–Trinajstić information content (AvgIpc) is 2.70. The molecule has 3 N–H and O–H groups in total. The third-order valence-electron chi connectivity index (χ3n) is 3.21.